The van der Waals surface area contributed by atoms with Crippen molar-refractivity contribution >= 4 is 40.4 Å². The maximum absolute atomic E-state index is 12.2. The first-order chi connectivity index (χ1) is 13.1. The second-order valence-electron chi connectivity index (χ2n) is 5.51. The van der Waals surface area contributed by atoms with Crippen molar-refractivity contribution in [3.63, 3.8) is 0 Å². The van der Waals surface area contributed by atoms with E-state index in [1.807, 2.05) is 29.0 Å². The predicted octanol–water partition coefficient (Wildman–Crippen LogP) is 3.59. The van der Waals surface area contributed by atoms with Crippen LogP contribution < -0.4 is 5.32 Å². The van der Waals surface area contributed by atoms with Crippen molar-refractivity contribution < 1.29 is 9.72 Å². The van der Waals surface area contributed by atoms with Gasteiger partial charge in [-0.25, -0.2) is 0 Å². The summed E-state index contributed by atoms with van der Waals surface area (Å²) in [7, 11) is 0. The first-order valence-electron chi connectivity index (χ1n) is 8.19. The number of thioether (sulfide) groups is 1. The lowest BCUT2D eigenvalue weighted by atomic mass is 10.2. The number of hydrogen-bond donors (Lipinski definition) is 1. The molecule has 140 valence electrons. The molecule has 2 aromatic heterocycles. The molecule has 0 aliphatic rings. The Labute approximate surface area is 163 Å². The van der Waals surface area contributed by atoms with Crippen molar-refractivity contribution in [2.75, 3.05) is 11.1 Å². The number of carbonyl (C=O) groups is 1. The molecular weight excluding hydrogens is 386 g/mol. The lowest BCUT2D eigenvalue weighted by molar-refractivity contribution is -0.383. The number of nitrogens with one attached hydrogen (secondary N) is 1. The number of nitro benzene ring substituents is 1. The molecule has 10 heteroatoms. The van der Waals surface area contributed by atoms with Crippen LogP contribution in [0.3, 0.4) is 0 Å². The van der Waals surface area contributed by atoms with Crippen LogP contribution in [0, 0.1) is 10.1 Å². The number of thiophene rings is 1. The summed E-state index contributed by atoms with van der Waals surface area (Å²) in [5.41, 5.74) is 0.0502. The number of nitro groups is 1. The van der Waals surface area contributed by atoms with Crippen molar-refractivity contribution in [2.45, 2.75) is 25.0 Å². The zero-order valence-electron chi connectivity index (χ0n) is 14.5. The summed E-state index contributed by atoms with van der Waals surface area (Å²) in [5, 5.41) is 24.7. The molecule has 0 aliphatic heterocycles. The number of hydrogen-bond acceptors (Lipinski definition) is 7. The van der Waals surface area contributed by atoms with E-state index in [1.165, 1.54) is 28.8 Å². The quantitative estimate of drug-likeness (QED) is 0.350. The van der Waals surface area contributed by atoms with Crippen LogP contribution in [0.25, 0.3) is 0 Å². The van der Waals surface area contributed by atoms with Gasteiger partial charge in [0.25, 0.3) is 5.69 Å². The normalized spacial score (nSPS) is 10.7. The average molecular weight is 403 g/mol. The van der Waals surface area contributed by atoms with Crippen LogP contribution in [-0.4, -0.2) is 31.3 Å². The molecular formula is C17H17N5O3S2. The maximum Gasteiger partial charge on any atom is 0.292 e. The molecule has 0 aliphatic carbocycles. The number of carbonyl (C=O) groups excluding carboxylic acids is 1. The molecule has 3 rings (SSSR count). The van der Waals surface area contributed by atoms with Crippen LogP contribution in [0.1, 0.15) is 17.6 Å². The van der Waals surface area contributed by atoms with Crippen molar-refractivity contribution in [3.05, 3.63) is 62.6 Å². The number of anilines is 1. The lowest BCUT2D eigenvalue weighted by Gasteiger charge is -2.07. The molecule has 0 bridgehead atoms. The van der Waals surface area contributed by atoms with E-state index in [0.717, 1.165) is 5.82 Å². The Bertz CT molecular complexity index is 940. The Morgan fingerprint density at radius 3 is 2.81 bits per heavy atom. The largest absolute Gasteiger partial charge is 0.320 e. The minimum absolute atomic E-state index is 0.0865. The van der Waals surface area contributed by atoms with Crippen LogP contribution in [0.5, 0.6) is 0 Å². The summed E-state index contributed by atoms with van der Waals surface area (Å²) >= 11 is 2.92. The Kier molecular flexibility index (Phi) is 6.20. The number of aromatic nitrogens is 3. The smallest absolute Gasteiger partial charge is 0.292 e. The Balaban J connectivity index is 1.64. The Hall–Kier alpha value is -2.72. The molecule has 27 heavy (non-hydrogen) atoms. The number of rotatable bonds is 8. The fourth-order valence-corrected chi connectivity index (χ4v) is 4.02. The van der Waals surface area contributed by atoms with Gasteiger partial charge in [0.15, 0.2) is 5.16 Å². The van der Waals surface area contributed by atoms with E-state index < -0.39 is 4.92 Å². The van der Waals surface area contributed by atoms with Gasteiger partial charge in [0.2, 0.25) is 5.91 Å². The molecule has 1 N–H and O–H groups in total. The van der Waals surface area contributed by atoms with E-state index in [0.29, 0.717) is 18.1 Å². The van der Waals surface area contributed by atoms with E-state index >= 15 is 0 Å². The molecule has 1 aromatic carbocycles. The highest BCUT2D eigenvalue weighted by Gasteiger charge is 2.17. The maximum atomic E-state index is 12.2. The van der Waals surface area contributed by atoms with Gasteiger partial charge in [0.1, 0.15) is 11.5 Å². The molecule has 0 fully saturated rings. The topological polar surface area (TPSA) is 103 Å². The Morgan fingerprint density at radius 1 is 1.30 bits per heavy atom. The van der Waals surface area contributed by atoms with Crippen molar-refractivity contribution in [1.29, 1.82) is 0 Å². The lowest BCUT2D eigenvalue weighted by Crippen LogP contribution is -2.15. The minimum atomic E-state index is -0.521. The van der Waals surface area contributed by atoms with Crippen LogP contribution in [0.15, 0.2) is 46.9 Å². The molecule has 0 saturated carbocycles. The molecule has 0 atom stereocenters. The highest BCUT2D eigenvalue weighted by atomic mass is 32.2. The van der Waals surface area contributed by atoms with Gasteiger partial charge >= 0.3 is 0 Å². The SMILES string of the molecule is CCn1c(Cc2cccs2)nnc1SCC(=O)Nc1ccccc1[N+](=O)[O-]. The third kappa shape index (κ3) is 4.72. The number of amides is 1. The van der Waals surface area contributed by atoms with E-state index in [9.17, 15) is 14.9 Å². The summed E-state index contributed by atoms with van der Waals surface area (Å²) in [6.45, 7) is 2.70. The van der Waals surface area contributed by atoms with E-state index in [4.69, 9.17) is 0 Å². The van der Waals surface area contributed by atoms with Gasteiger partial charge in [-0.15, -0.1) is 21.5 Å². The molecule has 2 heterocycles. The fraction of sp³-hybridized carbons (Fsp3) is 0.235. The summed E-state index contributed by atoms with van der Waals surface area (Å²) < 4.78 is 1.97. The van der Waals surface area contributed by atoms with Gasteiger partial charge in [-0.05, 0) is 24.4 Å². The second kappa shape index (κ2) is 8.78. The first-order valence-corrected chi connectivity index (χ1v) is 10.1. The molecule has 0 radical (unpaired) electrons. The van der Waals surface area contributed by atoms with E-state index in [2.05, 4.69) is 15.5 Å². The highest BCUT2D eigenvalue weighted by molar-refractivity contribution is 7.99. The second-order valence-corrected chi connectivity index (χ2v) is 7.49. The molecule has 0 unspecified atom stereocenters. The first kappa shape index (κ1) is 19.1. The standard InChI is InChI=1S/C17H17N5O3S2/c1-2-21-15(10-12-6-5-9-26-12)19-20-17(21)27-11-16(23)18-13-7-3-4-8-14(13)22(24)25/h3-9H,2,10-11H2,1H3,(H,18,23). The Morgan fingerprint density at radius 2 is 2.11 bits per heavy atom. The highest BCUT2D eigenvalue weighted by Crippen LogP contribution is 2.24. The zero-order chi connectivity index (χ0) is 19.2. The van der Waals surface area contributed by atoms with Crippen LogP contribution in [-0.2, 0) is 17.8 Å². The van der Waals surface area contributed by atoms with Crippen molar-refractivity contribution in [2.24, 2.45) is 0 Å². The number of para-hydroxylation sites is 2. The summed E-state index contributed by atoms with van der Waals surface area (Å²) in [6, 6.07) is 10.1. The number of benzene rings is 1. The molecule has 0 spiro atoms. The number of nitrogens with zero attached hydrogens (tertiary/aromatic N) is 4. The third-order valence-corrected chi connectivity index (χ3v) is 5.57. The summed E-state index contributed by atoms with van der Waals surface area (Å²) in [5.74, 6) is 0.602. The summed E-state index contributed by atoms with van der Waals surface area (Å²) in [6.07, 6.45) is 0.696. The minimum Gasteiger partial charge on any atom is -0.320 e. The monoisotopic (exact) mass is 403 g/mol. The van der Waals surface area contributed by atoms with Crippen molar-refractivity contribution in [3.8, 4) is 0 Å². The summed E-state index contributed by atoms with van der Waals surface area (Å²) in [4.78, 5) is 23.9. The van der Waals surface area contributed by atoms with Crippen LogP contribution in [0.4, 0.5) is 11.4 Å². The van der Waals surface area contributed by atoms with Crippen LogP contribution in [0.2, 0.25) is 0 Å². The fourth-order valence-electron chi connectivity index (χ4n) is 2.50. The van der Waals surface area contributed by atoms with Gasteiger partial charge < -0.3 is 9.88 Å². The molecule has 0 saturated heterocycles. The van der Waals surface area contributed by atoms with Crippen LogP contribution >= 0.6 is 23.1 Å². The molecule has 3 aromatic rings. The molecule has 1 amide bonds. The average Bonchev–Trinajstić information content (AvgIpc) is 3.30. The van der Waals surface area contributed by atoms with Crippen molar-refractivity contribution in [1.82, 2.24) is 14.8 Å². The van der Waals surface area contributed by atoms with Gasteiger partial charge in [-0.1, -0.05) is 30.0 Å². The zero-order valence-corrected chi connectivity index (χ0v) is 16.1. The molecule has 8 nitrogen and oxygen atoms in total. The third-order valence-electron chi connectivity index (χ3n) is 3.73. The van der Waals surface area contributed by atoms with E-state index in [-0.39, 0.29) is 23.0 Å². The van der Waals surface area contributed by atoms with Gasteiger partial charge in [-0.3, -0.25) is 14.9 Å². The van der Waals surface area contributed by atoms with Gasteiger partial charge in [0.05, 0.1) is 10.7 Å². The van der Waals surface area contributed by atoms with Gasteiger partial charge in [0, 0.05) is 23.9 Å². The van der Waals surface area contributed by atoms with E-state index in [1.54, 1.807) is 23.5 Å². The predicted molar refractivity (Wildman–Crippen MR) is 105 cm³/mol. The van der Waals surface area contributed by atoms with Gasteiger partial charge in [-0.2, -0.15) is 0 Å².